The molecule has 1 heterocycles. The number of para-hydroxylation sites is 1. The van der Waals surface area contributed by atoms with Crippen molar-refractivity contribution in [3.63, 3.8) is 0 Å². The van der Waals surface area contributed by atoms with Gasteiger partial charge in [-0.05, 0) is 49.3 Å². The van der Waals surface area contributed by atoms with Gasteiger partial charge in [-0.15, -0.1) is 0 Å². The highest BCUT2D eigenvalue weighted by atomic mass is 32.1. The minimum absolute atomic E-state index is 0.0181. The molecule has 1 amide bonds. The quantitative estimate of drug-likeness (QED) is 0.553. The minimum atomic E-state index is -0.295. The van der Waals surface area contributed by atoms with Crippen LogP contribution < -0.4 is 4.90 Å². The fourth-order valence-corrected chi connectivity index (χ4v) is 4.26. The average Bonchev–Trinajstić information content (AvgIpc) is 3.12. The van der Waals surface area contributed by atoms with Gasteiger partial charge in [0.15, 0.2) is 5.13 Å². The van der Waals surface area contributed by atoms with E-state index in [1.54, 1.807) is 28.4 Å². The predicted octanol–water partition coefficient (Wildman–Crippen LogP) is 4.66. The third kappa shape index (κ3) is 4.75. The zero-order valence-electron chi connectivity index (χ0n) is 16.6. The van der Waals surface area contributed by atoms with Crippen molar-refractivity contribution in [3.05, 3.63) is 59.4 Å². The maximum atomic E-state index is 13.2. The second kappa shape index (κ2) is 9.26. The summed E-state index contributed by atoms with van der Waals surface area (Å²) in [5.74, 6) is -0.313. The molecule has 2 aromatic carbocycles. The number of carbonyl (C=O) groups is 1. The molecule has 0 saturated carbocycles. The number of thiazole rings is 1. The lowest BCUT2D eigenvalue weighted by molar-refractivity contribution is -0.118. The average molecular weight is 400 g/mol. The van der Waals surface area contributed by atoms with E-state index in [2.05, 4.69) is 18.7 Å². The van der Waals surface area contributed by atoms with Gasteiger partial charge in [0.1, 0.15) is 5.82 Å². The molecule has 28 heavy (non-hydrogen) atoms. The second-order valence-corrected chi connectivity index (χ2v) is 7.80. The van der Waals surface area contributed by atoms with Gasteiger partial charge in [-0.1, -0.05) is 49.4 Å². The Morgan fingerprint density at radius 1 is 1.07 bits per heavy atom. The highest BCUT2D eigenvalue weighted by Gasteiger charge is 2.21. The van der Waals surface area contributed by atoms with Crippen LogP contribution in [0.2, 0.25) is 0 Å². The lowest BCUT2D eigenvalue weighted by Crippen LogP contribution is -2.39. The van der Waals surface area contributed by atoms with Crippen LogP contribution in [0, 0.1) is 12.7 Å². The zero-order valence-corrected chi connectivity index (χ0v) is 17.4. The first-order valence-corrected chi connectivity index (χ1v) is 10.5. The fraction of sp³-hybridized carbons (Fsp3) is 0.364. The first kappa shape index (κ1) is 20.4. The lowest BCUT2D eigenvalue weighted by Gasteiger charge is -2.24. The molecule has 0 unspecified atom stereocenters. The molecule has 0 aliphatic carbocycles. The maximum absolute atomic E-state index is 13.2. The largest absolute Gasteiger partial charge is 0.302 e. The monoisotopic (exact) mass is 399 g/mol. The lowest BCUT2D eigenvalue weighted by atomic mass is 10.1. The molecule has 3 rings (SSSR count). The summed E-state index contributed by atoms with van der Waals surface area (Å²) in [5, 5.41) is 0.726. The number of amides is 1. The molecule has 3 aromatic rings. The minimum Gasteiger partial charge on any atom is -0.302 e. The van der Waals surface area contributed by atoms with E-state index in [9.17, 15) is 9.18 Å². The predicted molar refractivity (Wildman–Crippen MR) is 115 cm³/mol. The summed E-state index contributed by atoms with van der Waals surface area (Å²) in [7, 11) is 0. The Hall–Kier alpha value is -2.31. The molecule has 0 aliphatic rings. The molecule has 6 heteroatoms. The standard InChI is InChI=1S/C22H26FN3OS/c1-4-25(5-2)13-14-26(20(27)15-17-9-11-18(23)12-10-17)22-24-21-16(3)7-6-8-19(21)28-22/h6-12H,4-5,13-15H2,1-3H3. The molecule has 0 fully saturated rings. The van der Waals surface area contributed by atoms with Gasteiger partial charge in [-0.3, -0.25) is 9.69 Å². The van der Waals surface area contributed by atoms with E-state index in [0.717, 1.165) is 46.1 Å². The van der Waals surface area contributed by atoms with Crippen LogP contribution in [0.5, 0.6) is 0 Å². The Labute approximate surface area is 169 Å². The van der Waals surface area contributed by atoms with Gasteiger partial charge in [-0.25, -0.2) is 9.37 Å². The van der Waals surface area contributed by atoms with E-state index < -0.39 is 0 Å². The molecule has 0 bridgehead atoms. The Bertz CT molecular complexity index is 935. The Kier molecular flexibility index (Phi) is 6.75. The van der Waals surface area contributed by atoms with Crippen LogP contribution >= 0.6 is 11.3 Å². The van der Waals surface area contributed by atoms with Crippen molar-refractivity contribution in [2.24, 2.45) is 0 Å². The Morgan fingerprint density at radius 3 is 2.43 bits per heavy atom. The number of carbonyl (C=O) groups excluding carboxylic acids is 1. The van der Waals surface area contributed by atoms with Gasteiger partial charge in [0.25, 0.3) is 0 Å². The summed E-state index contributed by atoms with van der Waals surface area (Å²) in [5.41, 5.74) is 2.86. The molecule has 0 N–H and O–H groups in total. The highest BCUT2D eigenvalue weighted by molar-refractivity contribution is 7.22. The molecular formula is C22H26FN3OS. The van der Waals surface area contributed by atoms with Crippen LogP contribution in [0.3, 0.4) is 0 Å². The number of anilines is 1. The van der Waals surface area contributed by atoms with Crippen LogP contribution in [-0.4, -0.2) is 42.0 Å². The number of aryl methyl sites for hydroxylation is 1. The van der Waals surface area contributed by atoms with Crippen LogP contribution in [0.1, 0.15) is 25.0 Å². The van der Waals surface area contributed by atoms with Gasteiger partial charge in [0.2, 0.25) is 5.91 Å². The molecular weight excluding hydrogens is 373 g/mol. The number of benzene rings is 2. The van der Waals surface area contributed by atoms with E-state index >= 15 is 0 Å². The molecule has 0 saturated heterocycles. The summed E-state index contributed by atoms with van der Waals surface area (Å²) >= 11 is 1.54. The number of hydrogen-bond acceptors (Lipinski definition) is 4. The van der Waals surface area contributed by atoms with E-state index in [1.807, 2.05) is 25.1 Å². The first-order valence-electron chi connectivity index (χ1n) is 9.65. The SMILES string of the molecule is CCN(CC)CCN(C(=O)Cc1ccc(F)cc1)c1nc2c(C)cccc2s1. The number of rotatable bonds is 8. The smallest absolute Gasteiger partial charge is 0.233 e. The summed E-state index contributed by atoms with van der Waals surface area (Å²) in [4.78, 5) is 22.0. The topological polar surface area (TPSA) is 36.4 Å². The number of hydrogen-bond donors (Lipinski definition) is 0. The van der Waals surface area contributed by atoms with Crippen molar-refractivity contribution >= 4 is 32.6 Å². The zero-order chi connectivity index (χ0) is 20.1. The molecule has 1 aromatic heterocycles. The Morgan fingerprint density at radius 2 is 1.79 bits per heavy atom. The highest BCUT2D eigenvalue weighted by Crippen LogP contribution is 2.31. The normalized spacial score (nSPS) is 11.3. The third-order valence-corrected chi connectivity index (χ3v) is 5.99. The van der Waals surface area contributed by atoms with Crippen molar-refractivity contribution in [2.45, 2.75) is 27.2 Å². The van der Waals surface area contributed by atoms with Crippen LogP contribution in [-0.2, 0) is 11.2 Å². The summed E-state index contributed by atoms with van der Waals surface area (Å²) in [6.45, 7) is 9.53. The molecule has 0 aliphatic heterocycles. The van der Waals surface area contributed by atoms with E-state index in [-0.39, 0.29) is 18.1 Å². The van der Waals surface area contributed by atoms with Crippen molar-refractivity contribution in [3.8, 4) is 0 Å². The van der Waals surface area contributed by atoms with Crippen molar-refractivity contribution in [1.82, 2.24) is 9.88 Å². The fourth-order valence-electron chi connectivity index (χ4n) is 3.17. The molecule has 0 atom stereocenters. The first-order chi connectivity index (χ1) is 13.5. The Balaban J connectivity index is 1.87. The van der Waals surface area contributed by atoms with Gasteiger partial charge in [0, 0.05) is 13.1 Å². The number of halogens is 1. The second-order valence-electron chi connectivity index (χ2n) is 6.79. The van der Waals surface area contributed by atoms with Crippen molar-refractivity contribution in [2.75, 3.05) is 31.1 Å². The molecule has 148 valence electrons. The number of nitrogens with zero attached hydrogens (tertiary/aromatic N) is 3. The summed E-state index contributed by atoms with van der Waals surface area (Å²) in [6.07, 6.45) is 0.230. The number of aromatic nitrogens is 1. The van der Waals surface area contributed by atoms with Gasteiger partial charge < -0.3 is 4.90 Å². The van der Waals surface area contributed by atoms with Gasteiger partial charge in [-0.2, -0.15) is 0 Å². The van der Waals surface area contributed by atoms with Crippen LogP contribution in [0.25, 0.3) is 10.2 Å². The van der Waals surface area contributed by atoms with E-state index in [1.165, 1.54) is 12.1 Å². The maximum Gasteiger partial charge on any atom is 0.233 e. The van der Waals surface area contributed by atoms with Gasteiger partial charge >= 0.3 is 0 Å². The third-order valence-electron chi connectivity index (χ3n) is 4.94. The van der Waals surface area contributed by atoms with Crippen molar-refractivity contribution in [1.29, 1.82) is 0 Å². The molecule has 4 nitrogen and oxygen atoms in total. The molecule has 0 radical (unpaired) electrons. The van der Waals surface area contributed by atoms with E-state index in [4.69, 9.17) is 4.98 Å². The number of fused-ring (bicyclic) bond motifs is 1. The van der Waals surface area contributed by atoms with Crippen LogP contribution in [0.15, 0.2) is 42.5 Å². The van der Waals surface area contributed by atoms with E-state index in [0.29, 0.717) is 6.54 Å². The molecule has 0 spiro atoms. The summed E-state index contributed by atoms with van der Waals surface area (Å²) < 4.78 is 14.3. The van der Waals surface area contributed by atoms with Gasteiger partial charge in [0.05, 0.1) is 16.6 Å². The van der Waals surface area contributed by atoms with Crippen LogP contribution in [0.4, 0.5) is 9.52 Å². The van der Waals surface area contributed by atoms with Crippen molar-refractivity contribution < 1.29 is 9.18 Å². The number of likely N-dealkylation sites (N-methyl/N-ethyl adjacent to an activating group) is 1. The summed E-state index contributed by atoms with van der Waals surface area (Å²) in [6, 6.07) is 12.2.